The number of rotatable bonds is 14. The van der Waals surface area contributed by atoms with Crippen molar-refractivity contribution < 1.29 is 14.3 Å². The topological polar surface area (TPSA) is 46.6 Å². The maximum atomic E-state index is 12.4. The molecule has 0 aliphatic carbocycles. The molecule has 0 bridgehead atoms. The number of nitrogens with zero attached hydrogens (tertiary/aromatic N) is 1. The average molecular weight is 522 g/mol. The van der Waals surface area contributed by atoms with Crippen LogP contribution in [0, 0.1) is 6.92 Å². The predicted molar refractivity (Wildman–Crippen MR) is 160 cm³/mol. The largest absolute Gasteiger partial charge is 0.492 e. The van der Waals surface area contributed by atoms with Crippen LogP contribution in [0.4, 0.5) is 0 Å². The third-order valence-electron chi connectivity index (χ3n) is 7.95. The molecular weight excluding hydrogens is 482 g/mol. The van der Waals surface area contributed by atoms with Crippen LogP contribution in [-0.4, -0.2) is 29.9 Å². The number of unbranched alkanes of at least 4 members (excludes halogenated alkanes) is 9. The van der Waals surface area contributed by atoms with Crippen LogP contribution in [0.2, 0.25) is 0 Å². The number of carbonyl (C=O) groups excluding carboxylic acids is 2. The average Bonchev–Trinajstić information content (AvgIpc) is 3.20. The zero-order valence-electron chi connectivity index (χ0n) is 23.1. The first-order valence-electron chi connectivity index (χ1n) is 14.6. The van der Waals surface area contributed by atoms with Gasteiger partial charge in [0.1, 0.15) is 5.75 Å². The fourth-order valence-corrected chi connectivity index (χ4v) is 5.81. The number of benzene rings is 4. The Morgan fingerprint density at radius 1 is 0.615 bits per heavy atom. The Morgan fingerprint density at radius 2 is 1.18 bits per heavy atom. The van der Waals surface area contributed by atoms with Crippen LogP contribution in [0.15, 0.2) is 72.8 Å². The van der Waals surface area contributed by atoms with Crippen LogP contribution in [0.1, 0.15) is 90.5 Å². The number of ether oxygens (including phenoxy) is 1. The quantitative estimate of drug-likeness (QED) is 0.0945. The van der Waals surface area contributed by atoms with Crippen LogP contribution in [-0.2, 0) is 0 Å². The van der Waals surface area contributed by atoms with E-state index in [0.29, 0.717) is 17.7 Å². The van der Waals surface area contributed by atoms with Gasteiger partial charge < -0.3 is 4.74 Å². The Labute approximate surface area is 232 Å². The molecule has 0 saturated heterocycles. The molecule has 2 amide bonds. The Kier molecular flexibility index (Phi) is 8.93. The van der Waals surface area contributed by atoms with Crippen LogP contribution >= 0.6 is 0 Å². The molecule has 0 unspecified atom stereocenters. The Hall–Kier alpha value is -3.66. The van der Waals surface area contributed by atoms with E-state index >= 15 is 0 Å². The van der Waals surface area contributed by atoms with Crippen molar-refractivity contribution in [2.24, 2.45) is 0 Å². The summed E-state index contributed by atoms with van der Waals surface area (Å²) in [6, 6.07) is 24.4. The van der Waals surface area contributed by atoms with Gasteiger partial charge in [0.05, 0.1) is 17.7 Å². The van der Waals surface area contributed by atoms with Gasteiger partial charge in [0.25, 0.3) is 11.8 Å². The van der Waals surface area contributed by atoms with E-state index < -0.39 is 0 Å². The van der Waals surface area contributed by atoms with Crippen LogP contribution in [0.5, 0.6) is 5.75 Å². The molecule has 0 atom stereocenters. The van der Waals surface area contributed by atoms with Crippen LogP contribution in [0.3, 0.4) is 0 Å². The molecule has 4 nitrogen and oxygen atoms in total. The zero-order chi connectivity index (χ0) is 27.0. The molecule has 4 aromatic rings. The standard InChI is InChI=1S/C35H39NO3/c1-26-17-16-19-28-25-27-18-10-11-20-29(27)33(32(26)28)39-24-15-9-7-5-3-2-4-6-8-14-23-36-34(37)30-21-12-13-22-31(30)35(36)38/h10-13,16-22,25H,2-9,14-15,23-24H2,1H3. The van der Waals surface area contributed by atoms with Gasteiger partial charge in [-0.15, -0.1) is 0 Å². The van der Waals surface area contributed by atoms with Crippen LogP contribution in [0.25, 0.3) is 21.5 Å². The summed E-state index contributed by atoms with van der Waals surface area (Å²) in [6.07, 6.45) is 11.6. The molecule has 0 spiro atoms. The molecule has 0 radical (unpaired) electrons. The van der Waals surface area contributed by atoms with Gasteiger partial charge in [-0.1, -0.05) is 106 Å². The lowest BCUT2D eigenvalue weighted by Crippen LogP contribution is -2.30. The monoisotopic (exact) mass is 521 g/mol. The van der Waals surface area contributed by atoms with E-state index in [2.05, 4.69) is 55.5 Å². The van der Waals surface area contributed by atoms with Gasteiger partial charge >= 0.3 is 0 Å². The second-order valence-corrected chi connectivity index (χ2v) is 10.8. The third-order valence-corrected chi connectivity index (χ3v) is 7.95. The Bertz CT molecular complexity index is 1420. The molecule has 4 heteroatoms. The molecule has 0 fully saturated rings. The second-order valence-electron chi connectivity index (χ2n) is 10.8. The van der Waals surface area contributed by atoms with Crippen molar-refractivity contribution in [3.05, 3.63) is 89.5 Å². The normalized spacial score (nSPS) is 13.0. The molecule has 0 aromatic heterocycles. The number of aryl methyl sites for hydroxylation is 1. The highest BCUT2D eigenvalue weighted by Crippen LogP contribution is 2.37. The lowest BCUT2D eigenvalue weighted by Gasteiger charge is -2.15. The first kappa shape index (κ1) is 26.9. The predicted octanol–water partition coefficient (Wildman–Crippen LogP) is 8.88. The van der Waals surface area contributed by atoms with Gasteiger partial charge in [-0.25, -0.2) is 0 Å². The molecule has 4 aromatic carbocycles. The first-order valence-corrected chi connectivity index (χ1v) is 14.6. The summed E-state index contributed by atoms with van der Waals surface area (Å²) in [5, 5.41) is 4.91. The van der Waals surface area contributed by atoms with Crippen molar-refractivity contribution in [2.45, 2.75) is 71.1 Å². The van der Waals surface area contributed by atoms with E-state index in [9.17, 15) is 9.59 Å². The number of imide groups is 1. The van der Waals surface area contributed by atoms with E-state index in [1.54, 1.807) is 12.1 Å². The van der Waals surface area contributed by atoms with Crippen molar-refractivity contribution >= 4 is 33.4 Å². The van der Waals surface area contributed by atoms with Crippen molar-refractivity contribution in [1.29, 1.82) is 0 Å². The molecule has 0 saturated carbocycles. The van der Waals surface area contributed by atoms with E-state index in [0.717, 1.165) is 38.0 Å². The number of carbonyl (C=O) groups is 2. The maximum Gasteiger partial charge on any atom is 0.261 e. The number of hydrogen-bond donors (Lipinski definition) is 0. The molecular formula is C35H39NO3. The summed E-state index contributed by atoms with van der Waals surface area (Å²) in [6.45, 7) is 3.45. The van der Waals surface area contributed by atoms with E-state index in [1.807, 2.05) is 12.1 Å². The van der Waals surface area contributed by atoms with Crippen molar-refractivity contribution in [1.82, 2.24) is 4.90 Å². The van der Waals surface area contributed by atoms with Gasteiger partial charge in [-0.05, 0) is 54.3 Å². The highest BCUT2D eigenvalue weighted by Gasteiger charge is 2.34. The lowest BCUT2D eigenvalue weighted by molar-refractivity contribution is 0.0651. The SMILES string of the molecule is Cc1cccc2cc3ccccc3c(OCCCCCCCCCCCCN3C(=O)c4ccccc4C3=O)c12. The molecule has 1 heterocycles. The van der Waals surface area contributed by atoms with E-state index in [4.69, 9.17) is 4.74 Å². The fraction of sp³-hybridized carbons (Fsp3) is 0.371. The molecule has 5 rings (SSSR count). The van der Waals surface area contributed by atoms with E-state index in [1.165, 1.54) is 70.5 Å². The smallest absolute Gasteiger partial charge is 0.261 e. The van der Waals surface area contributed by atoms with E-state index in [-0.39, 0.29) is 11.8 Å². The first-order chi connectivity index (χ1) is 19.1. The van der Waals surface area contributed by atoms with Crippen molar-refractivity contribution in [3.8, 4) is 5.75 Å². The Morgan fingerprint density at radius 3 is 1.87 bits per heavy atom. The molecule has 0 N–H and O–H groups in total. The zero-order valence-corrected chi connectivity index (χ0v) is 23.1. The van der Waals surface area contributed by atoms with Crippen molar-refractivity contribution in [2.75, 3.05) is 13.2 Å². The highest BCUT2D eigenvalue weighted by atomic mass is 16.5. The summed E-state index contributed by atoms with van der Waals surface area (Å²) in [4.78, 5) is 26.3. The summed E-state index contributed by atoms with van der Waals surface area (Å²) in [7, 11) is 0. The van der Waals surface area contributed by atoms with Gasteiger partial charge in [0, 0.05) is 17.3 Å². The fourth-order valence-electron chi connectivity index (χ4n) is 5.81. The Balaban J connectivity index is 0.940. The van der Waals surface area contributed by atoms with Gasteiger partial charge in [-0.3, -0.25) is 14.5 Å². The lowest BCUT2D eigenvalue weighted by atomic mass is 9.99. The number of fused-ring (bicyclic) bond motifs is 3. The number of amides is 2. The van der Waals surface area contributed by atoms with Gasteiger partial charge in [0.15, 0.2) is 0 Å². The van der Waals surface area contributed by atoms with Crippen molar-refractivity contribution in [3.63, 3.8) is 0 Å². The van der Waals surface area contributed by atoms with Gasteiger partial charge in [-0.2, -0.15) is 0 Å². The molecule has 1 aliphatic heterocycles. The number of hydrogen-bond acceptors (Lipinski definition) is 3. The minimum atomic E-state index is -0.137. The minimum absolute atomic E-state index is 0.137. The van der Waals surface area contributed by atoms with Gasteiger partial charge in [0.2, 0.25) is 0 Å². The minimum Gasteiger partial charge on any atom is -0.492 e. The summed E-state index contributed by atoms with van der Waals surface area (Å²) in [5.74, 6) is 0.757. The van der Waals surface area contributed by atoms with Crippen LogP contribution < -0.4 is 4.74 Å². The summed E-state index contributed by atoms with van der Waals surface area (Å²) < 4.78 is 6.42. The third kappa shape index (κ3) is 6.16. The second kappa shape index (κ2) is 12.9. The molecule has 1 aliphatic rings. The molecule has 39 heavy (non-hydrogen) atoms. The highest BCUT2D eigenvalue weighted by molar-refractivity contribution is 6.21. The maximum absolute atomic E-state index is 12.4. The molecule has 202 valence electrons. The summed E-state index contributed by atoms with van der Waals surface area (Å²) >= 11 is 0. The summed E-state index contributed by atoms with van der Waals surface area (Å²) in [5.41, 5.74) is 2.36.